The minimum atomic E-state index is 0.520. The van der Waals surface area contributed by atoms with Gasteiger partial charge in [0.05, 0.1) is 16.6 Å². The van der Waals surface area contributed by atoms with Crippen molar-refractivity contribution in [3.05, 3.63) is 48.3 Å². The molecule has 0 bridgehead atoms. The molecular weight excluding hydrogens is 296 g/mol. The van der Waals surface area contributed by atoms with Crippen LogP contribution >= 0.6 is 0 Å². The van der Waals surface area contributed by atoms with Crippen LogP contribution in [0.15, 0.2) is 42.6 Å². The SMILES string of the molecule is C=C/C=C(C)\C=C(/C)c1n[nH]c2ccnc(NC3CCCCC3)c12. The highest BCUT2D eigenvalue weighted by molar-refractivity contribution is 5.97. The van der Waals surface area contributed by atoms with E-state index >= 15 is 0 Å². The summed E-state index contributed by atoms with van der Waals surface area (Å²) in [5.41, 5.74) is 4.27. The summed E-state index contributed by atoms with van der Waals surface area (Å²) < 4.78 is 0. The Kier molecular flexibility index (Phi) is 5.14. The van der Waals surface area contributed by atoms with E-state index in [1.54, 1.807) is 6.08 Å². The fourth-order valence-corrected chi connectivity index (χ4v) is 3.45. The van der Waals surface area contributed by atoms with Gasteiger partial charge in [-0.3, -0.25) is 5.10 Å². The fraction of sp³-hybridized carbons (Fsp3) is 0.400. The molecule has 2 aromatic rings. The monoisotopic (exact) mass is 322 g/mol. The summed E-state index contributed by atoms with van der Waals surface area (Å²) in [4.78, 5) is 4.60. The van der Waals surface area contributed by atoms with Gasteiger partial charge in [0.15, 0.2) is 0 Å². The third kappa shape index (κ3) is 3.58. The molecule has 0 radical (unpaired) electrons. The predicted molar refractivity (Wildman–Crippen MR) is 102 cm³/mol. The summed E-state index contributed by atoms with van der Waals surface area (Å²) in [5, 5.41) is 12.4. The van der Waals surface area contributed by atoms with Crippen LogP contribution < -0.4 is 5.32 Å². The van der Waals surface area contributed by atoms with Crippen molar-refractivity contribution in [2.45, 2.75) is 52.0 Å². The van der Waals surface area contributed by atoms with E-state index in [1.807, 2.05) is 18.3 Å². The molecule has 1 saturated carbocycles. The number of hydrogen-bond donors (Lipinski definition) is 2. The third-order valence-corrected chi connectivity index (χ3v) is 4.62. The Morgan fingerprint density at radius 2 is 2.08 bits per heavy atom. The molecule has 24 heavy (non-hydrogen) atoms. The summed E-state index contributed by atoms with van der Waals surface area (Å²) in [6, 6.07) is 2.50. The van der Waals surface area contributed by atoms with Crippen LogP contribution in [0.1, 0.15) is 51.6 Å². The lowest BCUT2D eigenvalue weighted by Gasteiger charge is -2.23. The average molecular weight is 322 g/mol. The fourth-order valence-electron chi connectivity index (χ4n) is 3.45. The van der Waals surface area contributed by atoms with E-state index in [0.717, 1.165) is 33.6 Å². The minimum Gasteiger partial charge on any atom is -0.367 e. The molecule has 2 heterocycles. The van der Waals surface area contributed by atoms with E-state index in [0.29, 0.717) is 6.04 Å². The Morgan fingerprint density at radius 3 is 2.83 bits per heavy atom. The third-order valence-electron chi connectivity index (χ3n) is 4.62. The van der Waals surface area contributed by atoms with Crippen molar-refractivity contribution in [2.24, 2.45) is 0 Å². The average Bonchev–Trinajstić information content (AvgIpc) is 3.01. The first-order valence-corrected chi connectivity index (χ1v) is 8.76. The highest BCUT2D eigenvalue weighted by atomic mass is 15.1. The molecular formula is C20H26N4. The minimum absolute atomic E-state index is 0.520. The van der Waals surface area contributed by atoms with Crippen LogP contribution in [0.25, 0.3) is 16.5 Å². The molecule has 2 N–H and O–H groups in total. The smallest absolute Gasteiger partial charge is 0.137 e. The van der Waals surface area contributed by atoms with Gasteiger partial charge in [0.1, 0.15) is 5.82 Å². The van der Waals surface area contributed by atoms with Crippen molar-refractivity contribution in [3.63, 3.8) is 0 Å². The Balaban J connectivity index is 1.97. The second-order valence-corrected chi connectivity index (χ2v) is 6.61. The number of pyridine rings is 1. The normalized spacial score (nSPS) is 17.2. The van der Waals surface area contributed by atoms with E-state index < -0.39 is 0 Å². The summed E-state index contributed by atoms with van der Waals surface area (Å²) in [5.74, 6) is 0.946. The molecule has 0 aromatic carbocycles. The van der Waals surface area contributed by atoms with Crippen molar-refractivity contribution in [2.75, 3.05) is 5.32 Å². The van der Waals surface area contributed by atoms with Crippen LogP contribution in [0.5, 0.6) is 0 Å². The maximum absolute atomic E-state index is 4.60. The Labute approximate surface area is 143 Å². The number of anilines is 1. The van der Waals surface area contributed by atoms with Gasteiger partial charge in [-0.15, -0.1) is 0 Å². The number of aromatic nitrogens is 3. The molecule has 3 rings (SSSR count). The van der Waals surface area contributed by atoms with Crippen LogP contribution in [0.4, 0.5) is 5.82 Å². The number of fused-ring (bicyclic) bond motifs is 1. The Bertz CT molecular complexity index is 776. The van der Waals surface area contributed by atoms with Gasteiger partial charge < -0.3 is 5.32 Å². The maximum Gasteiger partial charge on any atom is 0.137 e. The molecule has 1 aliphatic carbocycles. The number of H-pyrrole nitrogens is 1. The van der Waals surface area contributed by atoms with Crippen LogP contribution in [0.2, 0.25) is 0 Å². The first-order chi connectivity index (χ1) is 11.7. The zero-order valence-electron chi connectivity index (χ0n) is 14.6. The lowest BCUT2D eigenvalue weighted by molar-refractivity contribution is 0.462. The van der Waals surface area contributed by atoms with Crippen molar-refractivity contribution >= 4 is 22.3 Å². The molecule has 0 atom stereocenters. The highest BCUT2D eigenvalue weighted by Crippen LogP contribution is 2.30. The van der Waals surface area contributed by atoms with Crippen LogP contribution in [0.3, 0.4) is 0 Å². The molecule has 0 spiro atoms. The molecule has 1 fully saturated rings. The molecule has 1 aliphatic rings. The lowest BCUT2D eigenvalue weighted by Crippen LogP contribution is -2.22. The summed E-state index contributed by atoms with van der Waals surface area (Å²) in [6.45, 7) is 7.91. The van der Waals surface area contributed by atoms with E-state index in [1.165, 1.54) is 32.1 Å². The van der Waals surface area contributed by atoms with Crippen LogP contribution in [-0.2, 0) is 0 Å². The van der Waals surface area contributed by atoms with Crippen molar-refractivity contribution in [1.82, 2.24) is 15.2 Å². The number of rotatable bonds is 5. The topological polar surface area (TPSA) is 53.6 Å². The molecule has 4 nitrogen and oxygen atoms in total. The summed E-state index contributed by atoms with van der Waals surface area (Å²) >= 11 is 0. The molecule has 0 aliphatic heterocycles. The second kappa shape index (κ2) is 7.47. The standard InChI is InChI=1S/C20H26N4/c1-4-8-14(2)13-15(3)19-18-17(23-24-19)11-12-21-20(18)22-16-9-6-5-7-10-16/h4,8,11-13,16H,1,5-7,9-10H2,2-3H3,(H,21,22)(H,23,24)/b14-8-,15-13+. The zero-order chi connectivity index (χ0) is 16.9. The van der Waals surface area contributed by atoms with Gasteiger partial charge >= 0.3 is 0 Å². The van der Waals surface area contributed by atoms with Crippen LogP contribution in [0, 0.1) is 0 Å². The summed E-state index contributed by atoms with van der Waals surface area (Å²) in [7, 11) is 0. The number of nitrogens with zero attached hydrogens (tertiary/aromatic N) is 2. The van der Waals surface area contributed by atoms with Gasteiger partial charge in [0.25, 0.3) is 0 Å². The van der Waals surface area contributed by atoms with Gasteiger partial charge in [-0.1, -0.05) is 49.6 Å². The molecule has 126 valence electrons. The molecule has 2 aromatic heterocycles. The molecule has 0 amide bonds. The number of allylic oxidation sites excluding steroid dienone is 5. The molecule has 0 unspecified atom stereocenters. The Hall–Kier alpha value is -2.36. The van der Waals surface area contributed by atoms with Crippen molar-refractivity contribution in [3.8, 4) is 0 Å². The first kappa shape index (κ1) is 16.5. The van der Waals surface area contributed by atoms with E-state index in [2.05, 4.69) is 47.0 Å². The van der Waals surface area contributed by atoms with E-state index in [-0.39, 0.29) is 0 Å². The van der Waals surface area contributed by atoms with Gasteiger partial charge in [0, 0.05) is 12.2 Å². The lowest BCUT2D eigenvalue weighted by atomic mass is 9.95. The van der Waals surface area contributed by atoms with Crippen molar-refractivity contribution < 1.29 is 0 Å². The summed E-state index contributed by atoms with van der Waals surface area (Å²) in [6.07, 6.45) is 14.2. The first-order valence-electron chi connectivity index (χ1n) is 8.76. The van der Waals surface area contributed by atoms with E-state index in [4.69, 9.17) is 0 Å². The van der Waals surface area contributed by atoms with Gasteiger partial charge in [-0.05, 0) is 38.3 Å². The van der Waals surface area contributed by atoms with Gasteiger partial charge in [-0.25, -0.2) is 4.98 Å². The predicted octanol–water partition coefficient (Wildman–Crippen LogP) is 5.24. The van der Waals surface area contributed by atoms with Gasteiger partial charge in [-0.2, -0.15) is 5.10 Å². The number of hydrogen-bond acceptors (Lipinski definition) is 3. The second-order valence-electron chi connectivity index (χ2n) is 6.61. The maximum atomic E-state index is 4.60. The van der Waals surface area contributed by atoms with Crippen molar-refractivity contribution in [1.29, 1.82) is 0 Å². The molecule has 4 heteroatoms. The zero-order valence-corrected chi connectivity index (χ0v) is 14.6. The quantitative estimate of drug-likeness (QED) is 0.740. The largest absolute Gasteiger partial charge is 0.367 e. The number of nitrogens with one attached hydrogen (secondary N) is 2. The van der Waals surface area contributed by atoms with Gasteiger partial charge in [0.2, 0.25) is 0 Å². The highest BCUT2D eigenvalue weighted by Gasteiger charge is 2.18. The van der Waals surface area contributed by atoms with E-state index in [9.17, 15) is 0 Å². The number of aromatic amines is 1. The Morgan fingerprint density at radius 1 is 1.29 bits per heavy atom. The molecule has 0 saturated heterocycles. The van der Waals surface area contributed by atoms with Crippen LogP contribution in [-0.4, -0.2) is 21.2 Å².